The van der Waals surface area contributed by atoms with Crippen LogP contribution in [-0.2, 0) is 4.79 Å². The number of hydrogen-bond acceptors (Lipinski definition) is 4. The van der Waals surface area contributed by atoms with Gasteiger partial charge >= 0.3 is 6.03 Å². The number of imide groups is 1. The van der Waals surface area contributed by atoms with Crippen molar-refractivity contribution >= 4 is 11.9 Å². The molecule has 0 saturated heterocycles. The Balaban J connectivity index is 2.18. The summed E-state index contributed by atoms with van der Waals surface area (Å²) in [6, 6.07) is 11.4. The van der Waals surface area contributed by atoms with Gasteiger partial charge in [-0.25, -0.2) is 4.79 Å². The van der Waals surface area contributed by atoms with Crippen molar-refractivity contribution in [3.05, 3.63) is 60.1 Å². The lowest BCUT2D eigenvalue weighted by Crippen LogP contribution is -2.44. The lowest BCUT2D eigenvalue weighted by Gasteiger charge is -2.21. The number of hydrogen-bond donors (Lipinski definition) is 3. The molecule has 3 N–H and O–H groups in total. The summed E-state index contributed by atoms with van der Waals surface area (Å²) >= 11 is 0. The summed E-state index contributed by atoms with van der Waals surface area (Å²) in [5.41, 5.74) is 0.766. The molecule has 2 rings (SSSR count). The molecule has 0 aliphatic heterocycles. The Morgan fingerprint density at radius 1 is 1.09 bits per heavy atom. The average molecular weight is 301 g/mol. The predicted octanol–water partition coefficient (Wildman–Crippen LogP) is 2.13. The van der Waals surface area contributed by atoms with Crippen LogP contribution in [0.15, 0.2) is 53.1 Å². The normalized spacial score (nSPS) is 13.2. The Morgan fingerprint density at radius 3 is 2.41 bits per heavy atom. The molecule has 2 atom stereocenters. The first-order valence-corrected chi connectivity index (χ1v) is 6.98. The molecule has 0 fully saturated rings. The minimum atomic E-state index is -0.668. The Hall–Kier alpha value is -2.60. The highest BCUT2D eigenvalue weighted by Crippen LogP contribution is 2.20. The number of rotatable bonds is 5. The molecule has 0 radical (unpaired) electrons. The molecule has 0 bridgehead atoms. The molecule has 6 nitrogen and oxygen atoms in total. The predicted molar refractivity (Wildman–Crippen MR) is 82.0 cm³/mol. The topological polar surface area (TPSA) is 83.4 Å². The van der Waals surface area contributed by atoms with E-state index in [1.807, 2.05) is 43.3 Å². The molecule has 116 valence electrons. The summed E-state index contributed by atoms with van der Waals surface area (Å²) in [7, 11) is 1.46. The van der Waals surface area contributed by atoms with Gasteiger partial charge in [0.1, 0.15) is 11.8 Å². The summed E-state index contributed by atoms with van der Waals surface area (Å²) in [5, 5.41) is 7.84. The minimum Gasteiger partial charge on any atom is -0.468 e. The smallest absolute Gasteiger partial charge is 0.321 e. The molecule has 0 unspecified atom stereocenters. The van der Waals surface area contributed by atoms with E-state index in [0.717, 1.165) is 5.56 Å². The highest BCUT2D eigenvalue weighted by molar-refractivity contribution is 5.97. The first kappa shape index (κ1) is 15.8. The second-order valence-corrected chi connectivity index (χ2v) is 4.82. The fourth-order valence-electron chi connectivity index (χ4n) is 2.09. The van der Waals surface area contributed by atoms with E-state index in [1.165, 1.54) is 7.05 Å². The van der Waals surface area contributed by atoms with Gasteiger partial charge in [0.05, 0.1) is 12.3 Å². The second-order valence-electron chi connectivity index (χ2n) is 4.82. The van der Waals surface area contributed by atoms with Gasteiger partial charge in [0.25, 0.3) is 0 Å². The van der Waals surface area contributed by atoms with Crippen molar-refractivity contribution in [3.63, 3.8) is 0 Å². The first-order chi connectivity index (χ1) is 10.6. The zero-order chi connectivity index (χ0) is 15.9. The highest BCUT2D eigenvalue weighted by Gasteiger charge is 2.24. The van der Waals surface area contributed by atoms with Crippen LogP contribution in [0.2, 0.25) is 0 Å². The van der Waals surface area contributed by atoms with Gasteiger partial charge in [0, 0.05) is 7.05 Å². The van der Waals surface area contributed by atoms with Crippen molar-refractivity contribution in [2.75, 3.05) is 7.05 Å². The highest BCUT2D eigenvalue weighted by atomic mass is 16.3. The van der Waals surface area contributed by atoms with E-state index in [2.05, 4.69) is 16.0 Å². The number of carbonyl (C=O) groups is 2. The molecule has 0 spiro atoms. The van der Waals surface area contributed by atoms with E-state index in [9.17, 15) is 9.59 Å². The van der Waals surface area contributed by atoms with Gasteiger partial charge < -0.3 is 9.73 Å². The van der Waals surface area contributed by atoms with Crippen molar-refractivity contribution in [3.8, 4) is 0 Å². The van der Waals surface area contributed by atoms with Crippen LogP contribution in [0, 0.1) is 0 Å². The van der Waals surface area contributed by atoms with E-state index in [0.29, 0.717) is 5.76 Å². The molecule has 0 aliphatic rings. The van der Waals surface area contributed by atoms with E-state index in [-0.39, 0.29) is 6.04 Å². The lowest BCUT2D eigenvalue weighted by atomic mass is 10.0. The first-order valence-electron chi connectivity index (χ1n) is 6.98. The zero-order valence-corrected chi connectivity index (χ0v) is 12.5. The van der Waals surface area contributed by atoms with E-state index >= 15 is 0 Å². The number of furan rings is 1. The second kappa shape index (κ2) is 7.42. The summed E-state index contributed by atoms with van der Waals surface area (Å²) in [6.45, 7) is 1.89. The van der Waals surface area contributed by atoms with Crippen LogP contribution in [0.1, 0.15) is 30.3 Å². The SMILES string of the molecule is CNC(=O)NC(=O)[C@@H](N[C@H](C)c1ccco1)c1ccccc1. The quantitative estimate of drug-likeness (QED) is 0.790. The van der Waals surface area contributed by atoms with Crippen molar-refractivity contribution < 1.29 is 14.0 Å². The number of urea groups is 1. The van der Waals surface area contributed by atoms with Crippen LogP contribution in [0.5, 0.6) is 0 Å². The minimum absolute atomic E-state index is 0.185. The summed E-state index contributed by atoms with van der Waals surface area (Å²) in [6.07, 6.45) is 1.58. The standard InChI is InChI=1S/C16H19N3O3/c1-11(13-9-6-10-22-13)18-14(12-7-4-3-5-8-12)15(20)19-16(21)17-2/h3-11,14,18H,1-2H3,(H2,17,19,20,21)/t11-,14+/m1/s1. The molecule has 1 heterocycles. The molecule has 22 heavy (non-hydrogen) atoms. The van der Waals surface area contributed by atoms with Gasteiger partial charge in [-0.2, -0.15) is 0 Å². The van der Waals surface area contributed by atoms with Crippen LogP contribution in [0.25, 0.3) is 0 Å². The van der Waals surface area contributed by atoms with Gasteiger partial charge in [0.2, 0.25) is 5.91 Å². The molecule has 1 aromatic heterocycles. The Labute approximate surface area is 128 Å². The average Bonchev–Trinajstić information content (AvgIpc) is 3.07. The van der Waals surface area contributed by atoms with Crippen molar-refractivity contribution in [2.24, 2.45) is 0 Å². The number of amides is 3. The zero-order valence-electron chi connectivity index (χ0n) is 12.5. The van der Waals surface area contributed by atoms with Gasteiger partial charge in [-0.1, -0.05) is 30.3 Å². The van der Waals surface area contributed by atoms with Crippen LogP contribution in [0.3, 0.4) is 0 Å². The van der Waals surface area contributed by atoms with E-state index < -0.39 is 18.0 Å². The van der Waals surface area contributed by atoms with Gasteiger partial charge in [-0.05, 0) is 24.6 Å². The monoisotopic (exact) mass is 301 g/mol. The summed E-state index contributed by atoms with van der Waals surface area (Å²) in [4.78, 5) is 23.7. The van der Waals surface area contributed by atoms with Crippen molar-refractivity contribution in [2.45, 2.75) is 19.0 Å². The Kier molecular flexibility index (Phi) is 5.32. The maximum Gasteiger partial charge on any atom is 0.321 e. The molecule has 0 saturated carbocycles. The molecule has 0 aliphatic carbocycles. The lowest BCUT2D eigenvalue weighted by molar-refractivity contribution is -0.122. The fraction of sp³-hybridized carbons (Fsp3) is 0.250. The molecular formula is C16H19N3O3. The Morgan fingerprint density at radius 2 is 1.82 bits per heavy atom. The third-order valence-corrected chi connectivity index (χ3v) is 3.25. The third kappa shape index (κ3) is 3.95. The number of benzene rings is 1. The molecule has 6 heteroatoms. The van der Waals surface area contributed by atoms with Crippen LogP contribution in [0.4, 0.5) is 4.79 Å². The van der Waals surface area contributed by atoms with Crippen LogP contribution >= 0.6 is 0 Å². The number of nitrogens with one attached hydrogen (secondary N) is 3. The third-order valence-electron chi connectivity index (χ3n) is 3.25. The van der Waals surface area contributed by atoms with Crippen LogP contribution < -0.4 is 16.0 Å². The van der Waals surface area contributed by atoms with Crippen molar-refractivity contribution in [1.82, 2.24) is 16.0 Å². The molecule has 2 aromatic rings. The number of carbonyl (C=O) groups excluding carboxylic acids is 2. The molecule has 3 amide bonds. The fourth-order valence-corrected chi connectivity index (χ4v) is 2.09. The summed E-state index contributed by atoms with van der Waals surface area (Å²) in [5.74, 6) is 0.289. The van der Waals surface area contributed by atoms with Gasteiger partial charge in [-0.15, -0.1) is 0 Å². The largest absolute Gasteiger partial charge is 0.468 e. The molecule has 1 aromatic carbocycles. The van der Waals surface area contributed by atoms with Gasteiger partial charge in [-0.3, -0.25) is 15.4 Å². The van der Waals surface area contributed by atoms with E-state index in [4.69, 9.17) is 4.42 Å². The van der Waals surface area contributed by atoms with Crippen molar-refractivity contribution in [1.29, 1.82) is 0 Å². The Bertz CT molecular complexity index is 611. The van der Waals surface area contributed by atoms with E-state index in [1.54, 1.807) is 12.3 Å². The van der Waals surface area contributed by atoms with Gasteiger partial charge in [0.15, 0.2) is 0 Å². The maximum atomic E-state index is 12.4. The summed E-state index contributed by atoms with van der Waals surface area (Å²) < 4.78 is 5.34. The molecular weight excluding hydrogens is 282 g/mol. The van der Waals surface area contributed by atoms with Crippen LogP contribution in [-0.4, -0.2) is 19.0 Å². The maximum absolute atomic E-state index is 12.4.